The van der Waals surface area contributed by atoms with Crippen LogP contribution < -0.4 is 15.2 Å². The molecule has 1 saturated heterocycles. The number of para-hydroxylation sites is 1. The largest absolute Gasteiger partial charge is 0.491 e. The van der Waals surface area contributed by atoms with Gasteiger partial charge in [-0.1, -0.05) is 18.2 Å². The highest BCUT2D eigenvalue weighted by molar-refractivity contribution is 5.76. The van der Waals surface area contributed by atoms with Crippen molar-refractivity contribution in [2.75, 3.05) is 50.9 Å². The Labute approximate surface area is 204 Å². The van der Waals surface area contributed by atoms with Crippen molar-refractivity contribution in [2.24, 2.45) is 0 Å². The van der Waals surface area contributed by atoms with E-state index in [2.05, 4.69) is 32.2 Å². The molecule has 9 nitrogen and oxygen atoms in total. The van der Waals surface area contributed by atoms with E-state index in [0.717, 1.165) is 18.7 Å². The zero-order valence-corrected chi connectivity index (χ0v) is 20.0. The zero-order chi connectivity index (χ0) is 24.5. The Morgan fingerprint density at radius 1 is 0.971 bits per heavy atom. The van der Waals surface area contributed by atoms with Crippen molar-refractivity contribution in [2.45, 2.75) is 19.8 Å². The summed E-state index contributed by atoms with van der Waals surface area (Å²) in [7, 11) is 0. The van der Waals surface area contributed by atoms with Gasteiger partial charge >= 0.3 is 0 Å². The minimum atomic E-state index is -0.325. The molecule has 0 aliphatic carbocycles. The highest BCUT2D eigenvalue weighted by Crippen LogP contribution is 2.19. The second-order valence-corrected chi connectivity index (χ2v) is 8.22. The van der Waals surface area contributed by atoms with Gasteiger partial charge in [-0.15, -0.1) is 10.2 Å². The number of rotatable bonds is 10. The molecule has 0 saturated carbocycles. The first-order valence-corrected chi connectivity index (χ1v) is 12.0. The molecule has 4 rings (SSSR count). The Kier molecular flexibility index (Phi) is 8.45. The number of H-pyrrole nitrogens is 1. The fourth-order valence-corrected chi connectivity index (χ4v) is 3.96. The molecular weight excluding hydrogens is 446 g/mol. The average Bonchev–Trinajstić information content (AvgIpc) is 2.91. The summed E-state index contributed by atoms with van der Waals surface area (Å²) in [5, 5.41) is 8.26. The van der Waals surface area contributed by atoms with Crippen molar-refractivity contribution in [1.82, 2.24) is 20.1 Å². The van der Waals surface area contributed by atoms with Gasteiger partial charge in [0, 0.05) is 56.9 Å². The number of benzene rings is 2. The Bertz CT molecular complexity index is 1140. The molecule has 9 heteroatoms. The van der Waals surface area contributed by atoms with Gasteiger partial charge in [-0.25, -0.2) is 0 Å². The second-order valence-electron chi connectivity index (χ2n) is 8.22. The maximum absolute atomic E-state index is 12.7. The lowest BCUT2D eigenvalue weighted by atomic mass is 10.2. The first-order valence-electron chi connectivity index (χ1n) is 12.0. The van der Waals surface area contributed by atoms with Crippen LogP contribution in [0.5, 0.6) is 5.75 Å². The van der Waals surface area contributed by atoms with E-state index in [9.17, 15) is 9.59 Å². The van der Waals surface area contributed by atoms with Gasteiger partial charge in [-0.2, -0.15) is 0 Å². The average molecular weight is 478 g/mol. The van der Waals surface area contributed by atoms with Crippen LogP contribution in [0, 0.1) is 0 Å². The molecule has 0 atom stereocenters. The number of carbonyl (C=O) groups is 1. The molecule has 0 bridgehead atoms. The first-order chi connectivity index (χ1) is 17.1. The third kappa shape index (κ3) is 6.66. The molecule has 1 aromatic heterocycles. The number of anilines is 1. The van der Waals surface area contributed by atoms with Gasteiger partial charge in [-0.05, 0) is 43.3 Å². The van der Waals surface area contributed by atoms with E-state index < -0.39 is 0 Å². The molecule has 0 spiro atoms. The van der Waals surface area contributed by atoms with Crippen LogP contribution in [0.15, 0.2) is 59.4 Å². The van der Waals surface area contributed by atoms with Crippen molar-refractivity contribution in [3.05, 3.63) is 70.6 Å². The molecule has 1 aliphatic heterocycles. The number of aryl methyl sites for hydroxylation is 1. The van der Waals surface area contributed by atoms with Crippen molar-refractivity contribution in [3.63, 3.8) is 0 Å². The van der Waals surface area contributed by atoms with Crippen LogP contribution in [-0.4, -0.2) is 72.0 Å². The second kappa shape index (κ2) is 12.1. The lowest BCUT2D eigenvalue weighted by Gasteiger charge is -2.36. The molecule has 184 valence electrons. The van der Waals surface area contributed by atoms with Crippen molar-refractivity contribution >= 4 is 11.6 Å². The lowest BCUT2D eigenvalue weighted by molar-refractivity contribution is -0.131. The normalized spacial score (nSPS) is 13.6. The van der Waals surface area contributed by atoms with Crippen molar-refractivity contribution < 1.29 is 14.3 Å². The van der Waals surface area contributed by atoms with Crippen molar-refractivity contribution in [3.8, 4) is 17.1 Å². The van der Waals surface area contributed by atoms with Crippen LogP contribution >= 0.6 is 0 Å². The number of aromatic nitrogens is 3. The van der Waals surface area contributed by atoms with E-state index in [0.29, 0.717) is 44.5 Å². The summed E-state index contributed by atoms with van der Waals surface area (Å²) in [6, 6.07) is 17.4. The van der Waals surface area contributed by atoms with E-state index in [1.165, 1.54) is 5.69 Å². The standard InChI is InChI=1S/C26H31N5O4/c1-2-34-18-19-35-22-10-8-20(9-11-22)25-27-26(33)23(28-29-25)12-13-24(32)31-16-14-30(15-17-31)21-6-4-3-5-7-21/h3-11H,2,12-19H2,1H3,(H,27,29,33). The summed E-state index contributed by atoms with van der Waals surface area (Å²) in [5.74, 6) is 1.12. The summed E-state index contributed by atoms with van der Waals surface area (Å²) in [4.78, 5) is 32.1. The molecule has 3 aromatic rings. The van der Waals surface area contributed by atoms with Gasteiger partial charge in [0.2, 0.25) is 5.91 Å². The molecule has 1 N–H and O–H groups in total. The van der Waals surface area contributed by atoms with Gasteiger partial charge < -0.3 is 24.3 Å². The quantitative estimate of drug-likeness (QED) is 0.448. The van der Waals surface area contributed by atoms with Crippen molar-refractivity contribution in [1.29, 1.82) is 0 Å². The van der Waals surface area contributed by atoms with E-state index in [4.69, 9.17) is 9.47 Å². The van der Waals surface area contributed by atoms with Gasteiger partial charge in [0.1, 0.15) is 18.1 Å². The van der Waals surface area contributed by atoms with E-state index in [1.54, 1.807) is 0 Å². The van der Waals surface area contributed by atoms with E-state index >= 15 is 0 Å². The predicted octanol–water partition coefficient (Wildman–Crippen LogP) is 2.53. The first kappa shape index (κ1) is 24.4. The molecule has 0 radical (unpaired) electrons. The molecule has 0 unspecified atom stereocenters. The number of piperazine rings is 1. The molecule has 2 aromatic carbocycles. The van der Waals surface area contributed by atoms with Gasteiger partial charge in [-0.3, -0.25) is 9.59 Å². The van der Waals surface area contributed by atoms with Gasteiger partial charge in [0.05, 0.1) is 6.61 Å². The van der Waals surface area contributed by atoms with Crippen LogP contribution in [0.25, 0.3) is 11.4 Å². The number of aromatic amines is 1. The highest BCUT2D eigenvalue weighted by atomic mass is 16.5. The maximum Gasteiger partial charge on any atom is 0.273 e. The lowest BCUT2D eigenvalue weighted by Crippen LogP contribution is -2.48. The molecule has 1 aliphatic rings. The fourth-order valence-electron chi connectivity index (χ4n) is 3.96. The number of nitrogens with one attached hydrogen (secondary N) is 1. The van der Waals surface area contributed by atoms with Crippen LogP contribution in [0.3, 0.4) is 0 Å². The minimum Gasteiger partial charge on any atom is -0.491 e. The number of hydrogen-bond acceptors (Lipinski definition) is 7. The maximum atomic E-state index is 12.7. The number of amides is 1. The van der Waals surface area contributed by atoms with Crippen LogP contribution in [0.4, 0.5) is 5.69 Å². The van der Waals surface area contributed by atoms with Gasteiger partial charge in [0.15, 0.2) is 5.82 Å². The van der Waals surface area contributed by atoms with E-state index in [1.807, 2.05) is 54.3 Å². The Balaban J connectivity index is 1.27. The summed E-state index contributed by atoms with van der Waals surface area (Å²) in [6.07, 6.45) is 0.489. The number of hydrogen-bond donors (Lipinski definition) is 1. The SMILES string of the molecule is CCOCCOc1ccc(-c2nnc(CCC(=O)N3CCN(c4ccccc4)CC3)c(=O)[nH]2)cc1. The summed E-state index contributed by atoms with van der Waals surface area (Å²) < 4.78 is 10.9. The molecule has 1 fully saturated rings. The predicted molar refractivity (Wildman–Crippen MR) is 134 cm³/mol. The number of nitrogens with zero attached hydrogens (tertiary/aromatic N) is 4. The Morgan fingerprint density at radius 2 is 1.71 bits per heavy atom. The summed E-state index contributed by atoms with van der Waals surface area (Å²) >= 11 is 0. The summed E-state index contributed by atoms with van der Waals surface area (Å²) in [5.41, 5.74) is 1.84. The minimum absolute atomic E-state index is 0.0305. The molecule has 35 heavy (non-hydrogen) atoms. The van der Waals surface area contributed by atoms with E-state index in [-0.39, 0.29) is 30.0 Å². The third-order valence-electron chi connectivity index (χ3n) is 5.92. The smallest absolute Gasteiger partial charge is 0.273 e. The Morgan fingerprint density at radius 3 is 2.40 bits per heavy atom. The molecular formula is C26H31N5O4. The zero-order valence-electron chi connectivity index (χ0n) is 20.0. The molecule has 1 amide bonds. The fraction of sp³-hybridized carbons (Fsp3) is 0.385. The highest BCUT2D eigenvalue weighted by Gasteiger charge is 2.21. The Hall–Kier alpha value is -3.72. The topological polar surface area (TPSA) is 101 Å². The van der Waals surface area contributed by atoms with Crippen LogP contribution in [-0.2, 0) is 16.0 Å². The molecule has 2 heterocycles. The number of carbonyl (C=O) groups excluding carboxylic acids is 1. The summed E-state index contributed by atoms with van der Waals surface area (Å²) in [6.45, 7) is 6.52. The van der Waals surface area contributed by atoms with Gasteiger partial charge in [0.25, 0.3) is 5.56 Å². The van der Waals surface area contributed by atoms with Crippen LogP contribution in [0.2, 0.25) is 0 Å². The monoisotopic (exact) mass is 477 g/mol. The van der Waals surface area contributed by atoms with Crippen LogP contribution in [0.1, 0.15) is 19.0 Å². The number of ether oxygens (including phenoxy) is 2. The third-order valence-corrected chi connectivity index (χ3v) is 5.92.